The Morgan fingerprint density at radius 2 is 1.96 bits per heavy atom. The minimum atomic E-state index is -1.14. The number of nitrogens with zero attached hydrogens (tertiary/aromatic N) is 1. The number of hydrogen-bond acceptors (Lipinski definition) is 7. The topological polar surface area (TPSA) is 179 Å². The molecule has 0 fully saturated rings. The predicted molar refractivity (Wildman–Crippen MR) is 98.9 cm³/mol. The van der Waals surface area contributed by atoms with Crippen LogP contribution in [0, 0.1) is 0 Å². The van der Waals surface area contributed by atoms with E-state index in [0.717, 1.165) is 0 Å². The molecule has 0 radical (unpaired) electrons. The lowest BCUT2D eigenvalue weighted by molar-refractivity contribution is -0.141. The number of aromatic nitrogens is 2. The molecule has 0 aliphatic carbocycles. The number of aliphatic carboxylic acids is 1. The molecule has 1 heterocycles. The molecule has 0 aliphatic heterocycles. The van der Waals surface area contributed by atoms with Crippen LogP contribution in [-0.4, -0.2) is 75.9 Å². The van der Waals surface area contributed by atoms with Gasteiger partial charge < -0.3 is 31.8 Å². The van der Waals surface area contributed by atoms with Crippen LogP contribution in [0.1, 0.15) is 12.1 Å². The lowest BCUT2D eigenvalue weighted by Crippen LogP contribution is -2.52. The second-order valence-corrected chi connectivity index (χ2v) is 6.55. The average Bonchev–Trinajstić information content (AvgIpc) is 3.15. The summed E-state index contributed by atoms with van der Waals surface area (Å²) < 4.78 is 0. The first-order chi connectivity index (χ1) is 12.9. The summed E-state index contributed by atoms with van der Waals surface area (Å²) in [6, 6.07) is -1.99. The summed E-state index contributed by atoms with van der Waals surface area (Å²) >= 11 is 1.46. The highest BCUT2D eigenvalue weighted by Gasteiger charge is 2.23. The molecule has 11 nitrogen and oxygen atoms in total. The van der Waals surface area contributed by atoms with Crippen molar-refractivity contribution in [2.45, 2.75) is 24.9 Å². The van der Waals surface area contributed by atoms with Gasteiger partial charge in [0, 0.05) is 18.3 Å². The van der Waals surface area contributed by atoms with E-state index in [2.05, 4.69) is 25.9 Å². The summed E-state index contributed by atoms with van der Waals surface area (Å²) in [6.07, 6.45) is 5.17. The van der Waals surface area contributed by atoms with Crippen LogP contribution in [0.2, 0.25) is 0 Å². The molecule has 150 valence electrons. The molecule has 0 saturated carbocycles. The van der Waals surface area contributed by atoms with Gasteiger partial charge in [-0.1, -0.05) is 0 Å². The maximum Gasteiger partial charge on any atom is 0.326 e. The summed E-state index contributed by atoms with van der Waals surface area (Å²) in [4.78, 5) is 53.6. The molecule has 0 aromatic carbocycles. The molecule has 12 heteroatoms. The molecule has 0 spiro atoms. The van der Waals surface area contributed by atoms with Gasteiger partial charge in [-0.15, -0.1) is 0 Å². The number of carboxylic acid groups (broad SMARTS) is 1. The van der Waals surface area contributed by atoms with Gasteiger partial charge in [0.25, 0.3) is 0 Å². The van der Waals surface area contributed by atoms with Gasteiger partial charge in [-0.05, 0) is 18.4 Å². The zero-order valence-corrected chi connectivity index (χ0v) is 15.7. The van der Waals surface area contributed by atoms with Crippen molar-refractivity contribution in [2.75, 3.05) is 25.1 Å². The molecule has 1 aromatic rings. The fraction of sp³-hybridized carbons (Fsp3) is 0.533. The van der Waals surface area contributed by atoms with Crippen LogP contribution in [0.25, 0.3) is 0 Å². The number of thioether (sulfide) groups is 1. The Morgan fingerprint density at radius 1 is 1.26 bits per heavy atom. The smallest absolute Gasteiger partial charge is 0.326 e. The third kappa shape index (κ3) is 8.55. The van der Waals surface area contributed by atoms with E-state index in [9.17, 15) is 19.2 Å². The van der Waals surface area contributed by atoms with Gasteiger partial charge in [0.2, 0.25) is 17.7 Å². The van der Waals surface area contributed by atoms with Crippen molar-refractivity contribution in [3.05, 3.63) is 18.2 Å². The number of carbonyl (C=O) groups excluding carboxylic acids is 3. The second kappa shape index (κ2) is 11.9. The van der Waals surface area contributed by atoms with Gasteiger partial charge in [0.05, 0.1) is 19.4 Å². The normalized spacial score (nSPS) is 12.7. The van der Waals surface area contributed by atoms with E-state index < -0.39 is 42.3 Å². The average molecular weight is 400 g/mol. The Bertz CT molecular complexity index is 639. The molecule has 1 rings (SSSR count). The number of amides is 3. The summed E-state index contributed by atoms with van der Waals surface area (Å²) in [5.74, 6) is -2.33. The van der Waals surface area contributed by atoms with Gasteiger partial charge >= 0.3 is 5.97 Å². The fourth-order valence-electron chi connectivity index (χ4n) is 2.11. The number of carbonyl (C=O) groups is 4. The summed E-state index contributed by atoms with van der Waals surface area (Å²) in [7, 11) is 0. The molecule has 7 N–H and O–H groups in total. The highest BCUT2D eigenvalue weighted by atomic mass is 32.2. The van der Waals surface area contributed by atoms with Crippen molar-refractivity contribution in [3.63, 3.8) is 0 Å². The molecule has 0 aliphatic rings. The van der Waals surface area contributed by atoms with Crippen molar-refractivity contribution >= 4 is 35.5 Å². The van der Waals surface area contributed by atoms with Gasteiger partial charge in [0.15, 0.2) is 0 Å². The number of nitrogens with one attached hydrogen (secondary N) is 4. The van der Waals surface area contributed by atoms with Gasteiger partial charge in [-0.3, -0.25) is 14.4 Å². The molecular weight excluding hydrogens is 376 g/mol. The van der Waals surface area contributed by atoms with Crippen molar-refractivity contribution in [3.8, 4) is 0 Å². The minimum absolute atomic E-state index is 0.130. The summed E-state index contributed by atoms with van der Waals surface area (Å²) in [5, 5.41) is 16.3. The Balaban J connectivity index is 2.59. The van der Waals surface area contributed by atoms with Crippen molar-refractivity contribution in [1.29, 1.82) is 0 Å². The standard InChI is InChI=1S/C15H24N6O5S/c1-27-3-2-10(15(25)26)20-13(23)7-18-14(24)11(21-12(22)5-16)4-9-6-17-8-19-9/h6,8,10-11H,2-5,7,16H2,1H3,(H,17,19)(H,18,24)(H,20,23)(H,21,22)(H,25,26). The minimum Gasteiger partial charge on any atom is -0.480 e. The molecule has 1 aromatic heterocycles. The van der Waals surface area contributed by atoms with Crippen molar-refractivity contribution < 1.29 is 24.3 Å². The van der Waals surface area contributed by atoms with Crippen LogP contribution < -0.4 is 21.7 Å². The van der Waals surface area contributed by atoms with Gasteiger partial charge in [0.1, 0.15) is 12.1 Å². The van der Waals surface area contributed by atoms with Crippen LogP contribution in [0.15, 0.2) is 12.5 Å². The largest absolute Gasteiger partial charge is 0.480 e. The Hall–Kier alpha value is -2.60. The van der Waals surface area contributed by atoms with Crippen LogP contribution in [-0.2, 0) is 25.6 Å². The highest BCUT2D eigenvalue weighted by molar-refractivity contribution is 7.98. The predicted octanol–water partition coefficient (Wildman–Crippen LogP) is -2.17. The first-order valence-electron chi connectivity index (χ1n) is 8.12. The van der Waals surface area contributed by atoms with Gasteiger partial charge in [-0.2, -0.15) is 11.8 Å². The molecule has 0 saturated heterocycles. The SMILES string of the molecule is CSCCC(NC(=O)CNC(=O)C(Cc1cnc[nH]1)NC(=O)CN)C(=O)O. The molecule has 2 atom stereocenters. The third-order valence-corrected chi connectivity index (χ3v) is 4.13. The zero-order valence-electron chi connectivity index (χ0n) is 14.9. The van der Waals surface area contributed by atoms with E-state index in [-0.39, 0.29) is 19.4 Å². The lowest BCUT2D eigenvalue weighted by atomic mass is 10.1. The number of nitrogens with two attached hydrogens (primary N) is 1. The van der Waals surface area contributed by atoms with Crippen LogP contribution >= 0.6 is 11.8 Å². The molecule has 2 unspecified atom stereocenters. The van der Waals surface area contributed by atoms with E-state index in [0.29, 0.717) is 11.4 Å². The van der Waals surface area contributed by atoms with Crippen molar-refractivity contribution in [2.24, 2.45) is 5.73 Å². The number of imidazole rings is 1. The fourth-order valence-corrected chi connectivity index (χ4v) is 2.58. The number of hydrogen-bond donors (Lipinski definition) is 6. The third-order valence-electron chi connectivity index (χ3n) is 3.48. The van der Waals surface area contributed by atoms with E-state index in [1.54, 1.807) is 0 Å². The van der Waals surface area contributed by atoms with E-state index in [1.807, 2.05) is 6.26 Å². The van der Waals surface area contributed by atoms with Crippen LogP contribution in [0.3, 0.4) is 0 Å². The van der Waals surface area contributed by atoms with Crippen molar-refractivity contribution in [1.82, 2.24) is 25.9 Å². The molecule has 0 bridgehead atoms. The summed E-state index contributed by atoms with van der Waals surface area (Å²) in [5.41, 5.74) is 5.86. The second-order valence-electron chi connectivity index (χ2n) is 5.56. The molecule has 27 heavy (non-hydrogen) atoms. The zero-order chi connectivity index (χ0) is 20.2. The number of carboxylic acids is 1. The Morgan fingerprint density at radius 3 is 2.52 bits per heavy atom. The Labute approximate surface area is 160 Å². The number of aromatic amines is 1. The monoisotopic (exact) mass is 400 g/mol. The maximum absolute atomic E-state index is 12.3. The van der Waals surface area contributed by atoms with Crippen LogP contribution in [0.4, 0.5) is 0 Å². The Kier molecular flexibility index (Phi) is 9.90. The first-order valence-corrected chi connectivity index (χ1v) is 9.52. The van der Waals surface area contributed by atoms with Gasteiger partial charge in [-0.25, -0.2) is 9.78 Å². The molecule has 3 amide bonds. The summed E-state index contributed by atoms with van der Waals surface area (Å²) in [6.45, 7) is -0.706. The highest BCUT2D eigenvalue weighted by Crippen LogP contribution is 2.01. The molecular formula is C15H24N6O5S. The maximum atomic E-state index is 12.3. The number of H-pyrrole nitrogens is 1. The number of rotatable bonds is 12. The first kappa shape index (κ1) is 22.4. The lowest BCUT2D eigenvalue weighted by Gasteiger charge is -2.18. The quantitative estimate of drug-likeness (QED) is 0.229. The van der Waals surface area contributed by atoms with E-state index >= 15 is 0 Å². The van der Waals surface area contributed by atoms with Crippen LogP contribution in [0.5, 0.6) is 0 Å². The van der Waals surface area contributed by atoms with E-state index in [1.165, 1.54) is 24.3 Å². The van der Waals surface area contributed by atoms with E-state index in [4.69, 9.17) is 10.8 Å².